The molecule has 1 aliphatic heterocycles. The number of aryl methyl sites for hydroxylation is 1. The van der Waals surface area contributed by atoms with Crippen LogP contribution in [0.1, 0.15) is 35.1 Å². The van der Waals surface area contributed by atoms with Crippen molar-refractivity contribution in [2.75, 3.05) is 19.7 Å². The molecule has 0 aliphatic carbocycles. The lowest BCUT2D eigenvalue weighted by Crippen LogP contribution is -2.42. The average molecular weight is 282 g/mol. The molecule has 0 radical (unpaired) electrons. The number of thiazole rings is 1. The summed E-state index contributed by atoms with van der Waals surface area (Å²) in [7, 11) is 0. The van der Waals surface area contributed by atoms with Gasteiger partial charge in [-0.25, -0.2) is 4.98 Å². The van der Waals surface area contributed by atoms with Gasteiger partial charge in [-0.3, -0.25) is 9.59 Å². The van der Waals surface area contributed by atoms with Crippen molar-refractivity contribution in [3.05, 3.63) is 16.1 Å². The smallest absolute Gasteiger partial charge is 0.310 e. The molecule has 5 nitrogen and oxygen atoms in total. The summed E-state index contributed by atoms with van der Waals surface area (Å²) < 4.78 is 5.04. The molecule has 19 heavy (non-hydrogen) atoms. The Morgan fingerprint density at radius 2 is 2.37 bits per heavy atom. The molecule has 1 aliphatic rings. The van der Waals surface area contributed by atoms with Gasteiger partial charge in [0, 0.05) is 13.1 Å². The highest BCUT2D eigenvalue weighted by atomic mass is 32.1. The van der Waals surface area contributed by atoms with Crippen molar-refractivity contribution in [2.24, 2.45) is 5.92 Å². The summed E-state index contributed by atoms with van der Waals surface area (Å²) in [4.78, 5) is 30.6. The van der Waals surface area contributed by atoms with E-state index >= 15 is 0 Å². The van der Waals surface area contributed by atoms with Crippen LogP contribution in [-0.2, 0) is 9.53 Å². The van der Waals surface area contributed by atoms with Gasteiger partial charge >= 0.3 is 5.97 Å². The number of hydrogen-bond donors (Lipinski definition) is 0. The Labute approximate surface area is 116 Å². The summed E-state index contributed by atoms with van der Waals surface area (Å²) in [5.41, 5.74) is 2.43. The number of rotatable bonds is 3. The first kappa shape index (κ1) is 14.0. The molecule has 1 amide bonds. The predicted octanol–water partition coefficient (Wildman–Crippen LogP) is 1.87. The van der Waals surface area contributed by atoms with Gasteiger partial charge in [-0.15, -0.1) is 11.3 Å². The van der Waals surface area contributed by atoms with Crippen LogP contribution in [0, 0.1) is 12.8 Å². The summed E-state index contributed by atoms with van der Waals surface area (Å²) >= 11 is 1.35. The van der Waals surface area contributed by atoms with Gasteiger partial charge in [-0.05, 0) is 26.7 Å². The number of amides is 1. The van der Waals surface area contributed by atoms with Gasteiger partial charge in [0.2, 0.25) is 0 Å². The lowest BCUT2D eigenvalue weighted by atomic mass is 9.98. The number of likely N-dealkylation sites (tertiary alicyclic amines) is 1. The van der Waals surface area contributed by atoms with Gasteiger partial charge in [0.1, 0.15) is 4.88 Å². The van der Waals surface area contributed by atoms with Crippen LogP contribution < -0.4 is 0 Å². The number of piperidine rings is 1. The van der Waals surface area contributed by atoms with Crippen LogP contribution in [-0.4, -0.2) is 41.5 Å². The van der Waals surface area contributed by atoms with Crippen LogP contribution in [0.5, 0.6) is 0 Å². The molecule has 1 aromatic heterocycles. The molecule has 0 aromatic carbocycles. The van der Waals surface area contributed by atoms with E-state index in [1.165, 1.54) is 11.3 Å². The van der Waals surface area contributed by atoms with Gasteiger partial charge in [0.25, 0.3) is 5.91 Å². The van der Waals surface area contributed by atoms with E-state index in [2.05, 4.69) is 4.98 Å². The molecule has 0 unspecified atom stereocenters. The third-order valence-electron chi connectivity index (χ3n) is 3.27. The van der Waals surface area contributed by atoms with Crippen LogP contribution >= 0.6 is 11.3 Å². The molecule has 2 rings (SSSR count). The Morgan fingerprint density at radius 3 is 3.00 bits per heavy atom. The number of aromatic nitrogens is 1. The van der Waals surface area contributed by atoms with Gasteiger partial charge in [0.15, 0.2) is 0 Å². The normalized spacial score (nSPS) is 19.3. The van der Waals surface area contributed by atoms with E-state index in [9.17, 15) is 9.59 Å². The SMILES string of the molecule is CCOC(=O)[C@@H]1CCCN(C(=O)c2scnc2C)C1. The van der Waals surface area contributed by atoms with Crippen LogP contribution in [0.15, 0.2) is 5.51 Å². The quantitative estimate of drug-likeness (QED) is 0.794. The Hall–Kier alpha value is -1.43. The Kier molecular flexibility index (Phi) is 4.52. The van der Waals surface area contributed by atoms with Crippen molar-refractivity contribution in [3.8, 4) is 0 Å². The largest absolute Gasteiger partial charge is 0.466 e. The number of ether oxygens (including phenoxy) is 1. The minimum atomic E-state index is -0.193. The number of carbonyl (C=O) groups is 2. The first-order chi connectivity index (χ1) is 9.13. The standard InChI is InChI=1S/C13H18N2O3S/c1-3-18-13(17)10-5-4-6-15(7-10)12(16)11-9(2)14-8-19-11/h8,10H,3-7H2,1-2H3/t10-/m1/s1. The summed E-state index contributed by atoms with van der Waals surface area (Å²) in [6.07, 6.45) is 1.64. The van der Waals surface area contributed by atoms with Crippen LogP contribution in [0.4, 0.5) is 0 Å². The van der Waals surface area contributed by atoms with Gasteiger partial charge in [-0.2, -0.15) is 0 Å². The molecule has 0 spiro atoms. The minimum Gasteiger partial charge on any atom is -0.466 e. The highest BCUT2D eigenvalue weighted by Gasteiger charge is 2.30. The monoisotopic (exact) mass is 282 g/mol. The Balaban J connectivity index is 2.03. The van der Waals surface area contributed by atoms with Crippen LogP contribution in [0.2, 0.25) is 0 Å². The molecule has 1 aromatic rings. The van der Waals surface area contributed by atoms with Crippen molar-refractivity contribution in [3.63, 3.8) is 0 Å². The van der Waals surface area contributed by atoms with Crippen LogP contribution in [0.25, 0.3) is 0 Å². The molecular weight excluding hydrogens is 264 g/mol. The third-order valence-corrected chi connectivity index (χ3v) is 4.18. The van der Waals surface area contributed by atoms with E-state index < -0.39 is 0 Å². The minimum absolute atomic E-state index is 0.0194. The topological polar surface area (TPSA) is 59.5 Å². The summed E-state index contributed by atoms with van der Waals surface area (Å²) in [5, 5.41) is 0. The molecule has 1 saturated heterocycles. The highest BCUT2D eigenvalue weighted by Crippen LogP contribution is 2.22. The lowest BCUT2D eigenvalue weighted by Gasteiger charge is -2.31. The number of esters is 1. The molecule has 6 heteroatoms. The predicted molar refractivity (Wildman–Crippen MR) is 72.1 cm³/mol. The maximum atomic E-state index is 12.4. The fourth-order valence-corrected chi connectivity index (χ4v) is 3.03. The van der Waals surface area contributed by atoms with Gasteiger partial charge in [0.05, 0.1) is 23.7 Å². The van der Waals surface area contributed by atoms with E-state index in [0.717, 1.165) is 18.5 Å². The molecule has 0 bridgehead atoms. The second-order valence-electron chi connectivity index (χ2n) is 4.61. The van der Waals surface area contributed by atoms with Crippen molar-refractivity contribution < 1.29 is 14.3 Å². The fraction of sp³-hybridized carbons (Fsp3) is 0.615. The molecule has 0 saturated carbocycles. The fourth-order valence-electron chi connectivity index (χ4n) is 2.26. The van der Waals surface area contributed by atoms with Crippen LogP contribution in [0.3, 0.4) is 0 Å². The maximum absolute atomic E-state index is 12.4. The molecule has 0 N–H and O–H groups in total. The van der Waals surface area contributed by atoms with Crippen molar-refractivity contribution in [1.82, 2.24) is 9.88 Å². The maximum Gasteiger partial charge on any atom is 0.310 e. The van der Waals surface area contributed by atoms with E-state index in [1.807, 2.05) is 6.92 Å². The first-order valence-electron chi connectivity index (χ1n) is 6.49. The number of carbonyl (C=O) groups excluding carboxylic acids is 2. The van der Waals surface area contributed by atoms with Crippen molar-refractivity contribution in [1.29, 1.82) is 0 Å². The summed E-state index contributed by atoms with van der Waals surface area (Å²) in [6, 6.07) is 0. The second-order valence-corrected chi connectivity index (χ2v) is 5.46. The molecule has 104 valence electrons. The number of nitrogens with zero attached hydrogens (tertiary/aromatic N) is 2. The molecular formula is C13H18N2O3S. The van der Waals surface area contributed by atoms with E-state index in [0.29, 0.717) is 24.6 Å². The Morgan fingerprint density at radius 1 is 1.58 bits per heavy atom. The van der Waals surface area contributed by atoms with Gasteiger partial charge < -0.3 is 9.64 Å². The van der Waals surface area contributed by atoms with E-state index in [1.54, 1.807) is 17.3 Å². The van der Waals surface area contributed by atoms with E-state index in [4.69, 9.17) is 4.74 Å². The third kappa shape index (κ3) is 3.12. The lowest BCUT2D eigenvalue weighted by molar-refractivity contribution is -0.149. The van der Waals surface area contributed by atoms with Gasteiger partial charge in [-0.1, -0.05) is 0 Å². The highest BCUT2D eigenvalue weighted by molar-refractivity contribution is 7.11. The summed E-state index contributed by atoms with van der Waals surface area (Å²) in [6.45, 7) is 5.17. The average Bonchev–Trinajstić information content (AvgIpc) is 2.84. The molecule has 1 fully saturated rings. The molecule has 2 heterocycles. The van der Waals surface area contributed by atoms with Crippen molar-refractivity contribution >= 4 is 23.2 Å². The zero-order chi connectivity index (χ0) is 13.8. The van der Waals surface area contributed by atoms with Crippen molar-refractivity contribution in [2.45, 2.75) is 26.7 Å². The zero-order valence-corrected chi connectivity index (χ0v) is 12.0. The first-order valence-corrected chi connectivity index (χ1v) is 7.37. The summed E-state index contributed by atoms with van der Waals surface area (Å²) in [5.74, 6) is -0.402. The van der Waals surface area contributed by atoms with E-state index in [-0.39, 0.29) is 17.8 Å². The second kappa shape index (κ2) is 6.14. The number of hydrogen-bond acceptors (Lipinski definition) is 5. The zero-order valence-electron chi connectivity index (χ0n) is 11.2. The molecule has 1 atom stereocenters. The Bertz CT molecular complexity index is 472.